The van der Waals surface area contributed by atoms with E-state index in [0.29, 0.717) is 27.4 Å². The van der Waals surface area contributed by atoms with E-state index in [1.807, 2.05) is 0 Å². The SMILES string of the molecule is CC(C)(O)c1ccc(CNC(=O)c2cccnc2Oc2ccc3nonc3c2)c(Cl)c1. The van der Waals surface area contributed by atoms with E-state index >= 15 is 0 Å². The molecule has 2 N–H and O–H groups in total. The fourth-order valence-corrected chi connectivity index (χ4v) is 3.17. The highest BCUT2D eigenvalue weighted by atomic mass is 35.5. The summed E-state index contributed by atoms with van der Waals surface area (Å²) in [5.41, 5.74) is 1.80. The highest BCUT2D eigenvalue weighted by Gasteiger charge is 2.18. The molecule has 2 aromatic carbocycles. The Kier molecular flexibility index (Phi) is 5.58. The third-order valence-electron chi connectivity index (χ3n) is 4.65. The molecule has 2 heterocycles. The first-order chi connectivity index (χ1) is 14.8. The molecule has 0 radical (unpaired) electrons. The van der Waals surface area contributed by atoms with Crippen LogP contribution in [0.4, 0.5) is 0 Å². The molecule has 0 spiro atoms. The molecule has 0 bridgehead atoms. The third-order valence-corrected chi connectivity index (χ3v) is 5.01. The number of fused-ring (bicyclic) bond motifs is 1. The number of halogens is 1. The van der Waals surface area contributed by atoms with Crippen molar-refractivity contribution in [2.24, 2.45) is 0 Å². The number of ether oxygens (including phenoxy) is 1. The second kappa shape index (κ2) is 8.33. The number of aromatic nitrogens is 3. The zero-order valence-electron chi connectivity index (χ0n) is 16.8. The molecule has 9 heteroatoms. The van der Waals surface area contributed by atoms with Crippen LogP contribution >= 0.6 is 11.6 Å². The van der Waals surface area contributed by atoms with Crippen LogP contribution in [0.2, 0.25) is 5.02 Å². The Hall–Kier alpha value is -3.49. The van der Waals surface area contributed by atoms with E-state index in [9.17, 15) is 9.90 Å². The lowest BCUT2D eigenvalue weighted by atomic mass is 9.97. The van der Waals surface area contributed by atoms with Gasteiger partial charge in [0.1, 0.15) is 22.3 Å². The van der Waals surface area contributed by atoms with Crippen molar-refractivity contribution in [3.63, 3.8) is 0 Å². The number of carbonyl (C=O) groups is 1. The Morgan fingerprint density at radius 3 is 2.74 bits per heavy atom. The molecule has 31 heavy (non-hydrogen) atoms. The van der Waals surface area contributed by atoms with Crippen molar-refractivity contribution in [1.29, 1.82) is 0 Å². The van der Waals surface area contributed by atoms with E-state index in [4.69, 9.17) is 16.3 Å². The maximum atomic E-state index is 12.8. The molecule has 158 valence electrons. The monoisotopic (exact) mass is 438 g/mol. The summed E-state index contributed by atoms with van der Waals surface area (Å²) in [7, 11) is 0. The van der Waals surface area contributed by atoms with Gasteiger partial charge in [0, 0.05) is 23.8 Å². The summed E-state index contributed by atoms with van der Waals surface area (Å²) in [5, 5.41) is 20.9. The van der Waals surface area contributed by atoms with Crippen LogP contribution in [-0.2, 0) is 12.1 Å². The number of hydrogen-bond acceptors (Lipinski definition) is 7. The zero-order chi connectivity index (χ0) is 22.0. The first-order valence-corrected chi connectivity index (χ1v) is 9.84. The highest BCUT2D eigenvalue weighted by molar-refractivity contribution is 6.31. The number of nitrogens with zero attached hydrogens (tertiary/aromatic N) is 3. The molecule has 0 fully saturated rings. The lowest BCUT2D eigenvalue weighted by Gasteiger charge is -2.19. The number of pyridine rings is 1. The van der Waals surface area contributed by atoms with Gasteiger partial charge in [0.2, 0.25) is 5.88 Å². The summed E-state index contributed by atoms with van der Waals surface area (Å²) >= 11 is 6.32. The van der Waals surface area contributed by atoms with Gasteiger partial charge in [-0.3, -0.25) is 4.79 Å². The Morgan fingerprint density at radius 1 is 1.16 bits per heavy atom. The standard InChI is InChI=1S/C22H19ClN4O4/c1-22(2,29)14-6-5-13(17(23)10-14)12-25-20(28)16-4-3-9-24-21(16)30-15-7-8-18-19(11-15)27-31-26-18/h3-11,29H,12H2,1-2H3,(H,25,28). The van der Waals surface area contributed by atoms with Crippen molar-refractivity contribution in [3.8, 4) is 11.6 Å². The number of benzene rings is 2. The van der Waals surface area contributed by atoms with Crippen molar-refractivity contribution in [1.82, 2.24) is 20.6 Å². The van der Waals surface area contributed by atoms with Crippen LogP contribution in [0.3, 0.4) is 0 Å². The first kappa shape index (κ1) is 20.8. The summed E-state index contributed by atoms with van der Waals surface area (Å²) < 4.78 is 10.5. The average Bonchev–Trinajstić information content (AvgIpc) is 3.20. The van der Waals surface area contributed by atoms with Gasteiger partial charge in [0.05, 0.1) is 5.60 Å². The van der Waals surface area contributed by atoms with Crippen molar-refractivity contribution in [2.75, 3.05) is 0 Å². The highest BCUT2D eigenvalue weighted by Crippen LogP contribution is 2.27. The van der Waals surface area contributed by atoms with Crippen molar-refractivity contribution in [3.05, 3.63) is 76.4 Å². The Morgan fingerprint density at radius 2 is 1.97 bits per heavy atom. The smallest absolute Gasteiger partial charge is 0.257 e. The van der Waals surface area contributed by atoms with Crippen LogP contribution in [0.15, 0.2) is 59.4 Å². The predicted molar refractivity (Wildman–Crippen MR) is 114 cm³/mol. The zero-order valence-corrected chi connectivity index (χ0v) is 17.6. The fraction of sp³-hybridized carbons (Fsp3) is 0.182. The summed E-state index contributed by atoms with van der Waals surface area (Å²) in [6.07, 6.45) is 1.54. The number of aliphatic hydroxyl groups is 1. The van der Waals surface area contributed by atoms with Crippen LogP contribution in [0.1, 0.15) is 35.3 Å². The van der Waals surface area contributed by atoms with Crippen LogP contribution in [0, 0.1) is 0 Å². The molecule has 4 rings (SSSR count). The lowest BCUT2D eigenvalue weighted by molar-refractivity contribution is 0.0785. The normalized spacial score (nSPS) is 11.5. The van der Waals surface area contributed by atoms with E-state index < -0.39 is 5.60 Å². The maximum Gasteiger partial charge on any atom is 0.257 e. The van der Waals surface area contributed by atoms with Crippen molar-refractivity contribution < 1.29 is 19.3 Å². The van der Waals surface area contributed by atoms with E-state index in [2.05, 4.69) is 25.2 Å². The molecule has 0 saturated heterocycles. The third kappa shape index (κ3) is 4.65. The Bertz CT molecular complexity index is 1250. The van der Waals surface area contributed by atoms with Crippen LogP contribution in [0.25, 0.3) is 11.0 Å². The predicted octanol–water partition coefficient (Wildman–Crippen LogP) is 4.22. The van der Waals surface area contributed by atoms with Crippen LogP contribution < -0.4 is 10.1 Å². The number of carbonyl (C=O) groups excluding carboxylic acids is 1. The number of hydrogen-bond donors (Lipinski definition) is 2. The second-order valence-corrected chi connectivity index (χ2v) is 7.83. The van der Waals surface area contributed by atoms with E-state index in [0.717, 1.165) is 5.56 Å². The van der Waals surface area contributed by atoms with Crippen molar-refractivity contribution in [2.45, 2.75) is 26.0 Å². The minimum absolute atomic E-state index is 0.152. The minimum atomic E-state index is -1.00. The molecule has 0 saturated carbocycles. The van der Waals surface area contributed by atoms with Crippen molar-refractivity contribution >= 4 is 28.5 Å². The van der Waals surface area contributed by atoms with E-state index in [-0.39, 0.29) is 23.9 Å². The summed E-state index contributed by atoms with van der Waals surface area (Å²) in [4.78, 5) is 17.0. The van der Waals surface area contributed by atoms with Gasteiger partial charge in [0.25, 0.3) is 5.91 Å². The molecule has 0 unspecified atom stereocenters. The molecule has 0 aliphatic carbocycles. The van der Waals surface area contributed by atoms with Gasteiger partial charge >= 0.3 is 0 Å². The van der Waals surface area contributed by atoms with Crippen LogP contribution in [0.5, 0.6) is 11.6 Å². The maximum absolute atomic E-state index is 12.8. The first-order valence-electron chi connectivity index (χ1n) is 9.46. The lowest BCUT2D eigenvalue weighted by Crippen LogP contribution is -2.24. The summed E-state index contributed by atoms with van der Waals surface area (Å²) in [6, 6.07) is 13.5. The summed E-state index contributed by atoms with van der Waals surface area (Å²) in [6.45, 7) is 3.57. The van der Waals surface area contributed by atoms with Gasteiger partial charge in [-0.15, -0.1) is 0 Å². The molecule has 2 aromatic heterocycles. The van der Waals surface area contributed by atoms with E-state index in [1.165, 1.54) is 6.20 Å². The largest absolute Gasteiger partial charge is 0.438 e. The number of nitrogens with one attached hydrogen (secondary N) is 1. The number of rotatable bonds is 6. The molecular formula is C22H19ClN4O4. The minimum Gasteiger partial charge on any atom is -0.438 e. The topological polar surface area (TPSA) is 110 Å². The van der Waals surface area contributed by atoms with Gasteiger partial charge in [-0.1, -0.05) is 23.7 Å². The quantitative estimate of drug-likeness (QED) is 0.463. The molecule has 8 nitrogen and oxygen atoms in total. The Labute approximate surface area is 182 Å². The van der Waals surface area contributed by atoms with Gasteiger partial charge in [0.15, 0.2) is 0 Å². The van der Waals surface area contributed by atoms with Gasteiger partial charge in [-0.25, -0.2) is 9.61 Å². The molecule has 0 aliphatic rings. The fourth-order valence-electron chi connectivity index (χ4n) is 2.92. The molecular weight excluding hydrogens is 420 g/mol. The van der Waals surface area contributed by atoms with Gasteiger partial charge in [-0.05, 0) is 65.6 Å². The molecule has 0 atom stereocenters. The Balaban J connectivity index is 1.49. The second-order valence-electron chi connectivity index (χ2n) is 7.42. The molecule has 4 aromatic rings. The van der Waals surface area contributed by atoms with Gasteiger partial charge < -0.3 is 15.2 Å². The number of amides is 1. The van der Waals surface area contributed by atoms with E-state index in [1.54, 1.807) is 62.4 Å². The summed E-state index contributed by atoms with van der Waals surface area (Å²) in [5.74, 6) is 0.232. The average molecular weight is 439 g/mol. The van der Waals surface area contributed by atoms with Crippen LogP contribution in [-0.4, -0.2) is 26.3 Å². The van der Waals surface area contributed by atoms with Gasteiger partial charge in [-0.2, -0.15) is 0 Å². The molecule has 1 amide bonds. The molecule has 0 aliphatic heterocycles.